The molecule has 130 valence electrons. The Kier molecular flexibility index (Phi) is 4.92. The van der Waals surface area contributed by atoms with Gasteiger partial charge in [0.2, 0.25) is 17.7 Å². The molecule has 1 N–H and O–H groups in total. The van der Waals surface area contributed by atoms with Crippen LogP contribution in [0.15, 0.2) is 40.9 Å². The second kappa shape index (κ2) is 7.29. The van der Waals surface area contributed by atoms with Gasteiger partial charge in [-0.2, -0.15) is 0 Å². The number of aryl methyl sites for hydroxylation is 1. The number of benzene rings is 1. The molecule has 3 rings (SSSR count). The normalized spacial score (nSPS) is 17.2. The van der Waals surface area contributed by atoms with E-state index in [1.807, 2.05) is 30.3 Å². The molecule has 1 aliphatic rings. The molecule has 1 fully saturated rings. The largest absolute Gasteiger partial charge is 0.360 e. The summed E-state index contributed by atoms with van der Waals surface area (Å²) in [7, 11) is 0. The Balaban J connectivity index is 1.53. The molecule has 0 spiro atoms. The van der Waals surface area contributed by atoms with Gasteiger partial charge in [-0.25, -0.2) is 0 Å². The van der Waals surface area contributed by atoms with Gasteiger partial charge in [0, 0.05) is 25.5 Å². The van der Waals surface area contributed by atoms with Crippen LogP contribution in [-0.4, -0.2) is 34.3 Å². The van der Waals surface area contributed by atoms with Crippen molar-refractivity contribution in [3.05, 3.63) is 47.7 Å². The number of hydrogen-bond donors (Lipinski definition) is 1. The third-order valence-corrected chi connectivity index (χ3v) is 4.12. The number of nitrogens with one attached hydrogen (secondary N) is 1. The summed E-state index contributed by atoms with van der Waals surface area (Å²) in [4.78, 5) is 37.7. The number of aromatic nitrogens is 1. The van der Waals surface area contributed by atoms with E-state index in [4.69, 9.17) is 4.52 Å². The Hall–Kier alpha value is -2.96. The minimum atomic E-state index is -0.351. The molecule has 1 atom stereocenters. The van der Waals surface area contributed by atoms with Gasteiger partial charge in [-0.15, -0.1) is 0 Å². The topological polar surface area (TPSA) is 92.5 Å². The van der Waals surface area contributed by atoms with Gasteiger partial charge in [0.15, 0.2) is 5.82 Å². The molecule has 0 radical (unpaired) electrons. The first kappa shape index (κ1) is 16.9. The van der Waals surface area contributed by atoms with Gasteiger partial charge in [-0.3, -0.25) is 19.3 Å². The molecule has 0 aliphatic carbocycles. The van der Waals surface area contributed by atoms with Crippen molar-refractivity contribution >= 4 is 23.5 Å². The van der Waals surface area contributed by atoms with Crippen LogP contribution < -0.4 is 5.32 Å². The number of rotatable bonds is 6. The molecule has 1 aromatic carbocycles. The Morgan fingerprint density at radius 1 is 1.32 bits per heavy atom. The molecule has 3 amide bonds. The number of hydrogen-bond acceptors (Lipinski definition) is 5. The van der Waals surface area contributed by atoms with E-state index in [1.165, 1.54) is 4.90 Å². The van der Waals surface area contributed by atoms with Crippen molar-refractivity contribution in [3.8, 4) is 0 Å². The first-order valence-corrected chi connectivity index (χ1v) is 8.14. The maximum absolute atomic E-state index is 12.4. The highest BCUT2D eigenvalue weighted by Crippen LogP contribution is 2.23. The number of amides is 3. The molecule has 1 saturated heterocycles. The lowest BCUT2D eigenvalue weighted by molar-refractivity contribution is -0.139. The summed E-state index contributed by atoms with van der Waals surface area (Å²) in [5, 5.41) is 6.24. The maximum Gasteiger partial charge on any atom is 0.233 e. The third kappa shape index (κ3) is 4.12. The highest BCUT2D eigenvalue weighted by Gasteiger charge is 2.38. The highest BCUT2D eigenvalue weighted by molar-refractivity contribution is 6.04. The Bertz CT molecular complexity index is 785. The number of imide groups is 1. The average molecular weight is 341 g/mol. The molecule has 25 heavy (non-hydrogen) atoms. The van der Waals surface area contributed by atoms with Crippen molar-refractivity contribution in [2.45, 2.75) is 26.2 Å². The fourth-order valence-corrected chi connectivity index (χ4v) is 2.89. The summed E-state index contributed by atoms with van der Waals surface area (Å²) in [6.45, 7) is 1.79. The Labute approximate surface area is 145 Å². The van der Waals surface area contributed by atoms with E-state index in [9.17, 15) is 14.4 Å². The van der Waals surface area contributed by atoms with Gasteiger partial charge in [0.1, 0.15) is 5.76 Å². The smallest absolute Gasteiger partial charge is 0.233 e. The highest BCUT2D eigenvalue weighted by atomic mass is 16.5. The van der Waals surface area contributed by atoms with Crippen LogP contribution in [0.25, 0.3) is 0 Å². The average Bonchev–Trinajstić information content (AvgIpc) is 3.10. The molecule has 7 nitrogen and oxygen atoms in total. The summed E-state index contributed by atoms with van der Waals surface area (Å²) in [6.07, 6.45) is 0.756. The molecule has 0 unspecified atom stereocenters. The molecular weight excluding hydrogens is 322 g/mol. The van der Waals surface area contributed by atoms with E-state index in [0.29, 0.717) is 18.0 Å². The van der Waals surface area contributed by atoms with Crippen molar-refractivity contribution in [2.24, 2.45) is 5.92 Å². The SMILES string of the molecule is Cc1cc(NC(=O)CCN2C(=O)C[C@H](Cc3ccccc3)C2=O)no1. The van der Waals surface area contributed by atoms with Gasteiger partial charge < -0.3 is 9.84 Å². The van der Waals surface area contributed by atoms with E-state index < -0.39 is 0 Å². The zero-order chi connectivity index (χ0) is 17.8. The Morgan fingerprint density at radius 2 is 2.08 bits per heavy atom. The summed E-state index contributed by atoms with van der Waals surface area (Å²) in [5.41, 5.74) is 1.02. The number of anilines is 1. The fourth-order valence-electron chi connectivity index (χ4n) is 2.89. The molecule has 1 aromatic heterocycles. The van der Waals surface area contributed by atoms with Crippen LogP contribution in [0.1, 0.15) is 24.2 Å². The van der Waals surface area contributed by atoms with Crippen LogP contribution in [0.4, 0.5) is 5.82 Å². The molecule has 0 saturated carbocycles. The lowest BCUT2D eigenvalue weighted by atomic mass is 9.98. The summed E-state index contributed by atoms with van der Waals surface area (Å²) < 4.78 is 4.86. The third-order valence-electron chi connectivity index (χ3n) is 4.12. The van der Waals surface area contributed by atoms with Crippen molar-refractivity contribution in [3.63, 3.8) is 0 Å². The van der Waals surface area contributed by atoms with E-state index in [0.717, 1.165) is 5.56 Å². The van der Waals surface area contributed by atoms with Gasteiger partial charge >= 0.3 is 0 Å². The summed E-state index contributed by atoms with van der Waals surface area (Å²) in [5.74, 6) is -0.195. The quantitative estimate of drug-likeness (QED) is 0.811. The molecule has 1 aliphatic heterocycles. The second-order valence-electron chi connectivity index (χ2n) is 6.10. The van der Waals surface area contributed by atoms with Crippen LogP contribution in [0.2, 0.25) is 0 Å². The van der Waals surface area contributed by atoms with Crippen LogP contribution >= 0.6 is 0 Å². The van der Waals surface area contributed by atoms with E-state index >= 15 is 0 Å². The summed E-state index contributed by atoms with van der Waals surface area (Å²) >= 11 is 0. The summed E-state index contributed by atoms with van der Waals surface area (Å²) in [6, 6.07) is 11.2. The predicted molar refractivity (Wildman–Crippen MR) is 89.5 cm³/mol. The number of carbonyl (C=O) groups is 3. The molecule has 0 bridgehead atoms. The molecule has 7 heteroatoms. The zero-order valence-corrected chi connectivity index (χ0v) is 13.9. The first-order valence-electron chi connectivity index (χ1n) is 8.14. The number of likely N-dealkylation sites (tertiary alicyclic amines) is 1. The maximum atomic E-state index is 12.4. The van der Waals surface area contributed by atoms with Crippen LogP contribution in [0, 0.1) is 12.8 Å². The standard InChI is InChI=1S/C18H19N3O4/c1-12-9-15(20-25-12)19-16(22)7-8-21-17(23)11-14(18(21)24)10-13-5-3-2-4-6-13/h2-6,9,14H,7-8,10-11H2,1H3,(H,19,20,22)/t14-/m0/s1. The van der Waals surface area contributed by atoms with Gasteiger partial charge in [0.05, 0.1) is 5.92 Å². The van der Waals surface area contributed by atoms with Crippen molar-refractivity contribution in [2.75, 3.05) is 11.9 Å². The Morgan fingerprint density at radius 3 is 2.76 bits per heavy atom. The van der Waals surface area contributed by atoms with E-state index in [-0.39, 0.29) is 43.0 Å². The lowest BCUT2D eigenvalue weighted by Crippen LogP contribution is -2.34. The molecular formula is C18H19N3O4. The molecule has 2 heterocycles. The van der Waals surface area contributed by atoms with Gasteiger partial charge in [0.25, 0.3) is 0 Å². The van der Waals surface area contributed by atoms with Crippen LogP contribution in [0.5, 0.6) is 0 Å². The minimum absolute atomic E-state index is 0.0292. The first-order chi connectivity index (χ1) is 12.0. The lowest BCUT2D eigenvalue weighted by Gasteiger charge is -2.14. The van der Waals surface area contributed by atoms with Crippen molar-refractivity contribution < 1.29 is 18.9 Å². The van der Waals surface area contributed by atoms with E-state index in [2.05, 4.69) is 10.5 Å². The molecule has 2 aromatic rings. The van der Waals surface area contributed by atoms with Gasteiger partial charge in [-0.05, 0) is 18.9 Å². The van der Waals surface area contributed by atoms with Crippen molar-refractivity contribution in [1.29, 1.82) is 0 Å². The van der Waals surface area contributed by atoms with E-state index in [1.54, 1.807) is 13.0 Å². The van der Waals surface area contributed by atoms with Crippen molar-refractivity contribution in [1.82, 2.24) is 10.1 Å². The zero-order valence-electron chi connectivity index (χ0n) is 13.9. The van der Waals surface area contributed by atoms with Crippen LogP contribution in [-0.2, 0) is 20.8 Å². The fraction of sp³-hybridized carbons (Fsp3) is 0.333. The van der Waals surface area contributed by atoms with Gasteiger partial charge in [-0.1, -0.05) is 35.5 Å². The number of carbonyl (C=O) groups excluding carboxylic acids is 3. The number of nitrogens with zero attached hydrogens (tertiary/aromatic N) is 2. The predicted octanol–water partition coefficient (Wildman–Crippen LogP) is 1.93. The second-order valence-corrected chi connectivity index (χ2v) is 6.10. The minimum Gasteiger partial charge on any atom is -0.360 e. The monoisotopic (exact) mass is 341 g/mol. The van der Waals surface area contributed by atoms with Crippen LogP contribution in [0.3, 0.4) is 0 Å².